The van der Waals surface area contributed by atoms with E-state index in [-0.39, 0.29) is 18.0 Å². The number of hydrogen-bond donors (Lipinski definition) is 0. The van der Waals surface area contributed by atoms with Crippen LogP contribution >= 0.6 is 0 Å². The standard InChI is InChI=1S/C28H35N7O3/c1-5-32(3)27(37)33(4)21-8-6-20(7-9-21)24-30-23-16-34(26(36)28(18-29)11-12-28)13-10-22(23)25(31-24)35-14-15-38-17-19(35)2/h6-9,19H,5,10-17H2,1-4H3/t19-/m0/s1. The van der Waals surface area contributed by atoms with Crippen LogP contribution in [0.1, 0.15) is 37.9 Å². The topological polar surface area (TPSA) is 106 Å². The number of nitrogens with zero attached hydrogens (tertiary/aromatic N) is 7. The number of benzene rings is 1. The van der Waals surface area contributed by atoms with Gasteiger partial charge in [-0.2, -0.15) is 5.26 Å². The summed E-state index contributed by atoms with van der Waals surface area (Å²) in [6, 6.07) is 9.98. The van der Waals surface area contributed by atoms with Gasteiger partial charge in [0.25, 0.3) is 0 Å². The van der Waals surface area contributed by atoms with Crippen LogP contribution in [0.5, 0.6) is 0 Å². The average molecular weight is 518 g/mol. The van der Waals surface area contributed by atoms with Crippen molar-refractivity contribution in [2.45, 2.75) is 45.7 Å². The van der Waals surface area contributed by atoms with Gasteiger partial charge in [0.05, 0.1) is 37.6 Å². The lowest BCUT2D eigenvalue weighted by atomic mass is 10.0. The van der Waals surface area contributed by atoms with E-state index in [1.54, 1.807) is 28.8 Å². The number of rotatable bonds is 5. The molecule has 5 rings (SSSR count). The molecular formula is C28H35N7O3. The van der Waals surface area contributed by atoms with E-state index >= 15 is 0 Å². The molecule has 1 aromatic heterocycles. The van der Waals surface area contributed by atoms with E-state index in [1.165, 1.54) is 0 Å². The van der Waals surface area contributed by atoms with Crippen molar-refractivity contribution in [1.29, 1.82) is 5.26 Å². The van der Waals surface area contributed by atoms with Crippen molar-refractivity contribution in [1.82, 2.24) is 19.8 Å². The minimum atomic E-state index is -0.847. The van der Waals surface area contributed by atoms with Crippen LogP contribution in [0.3, 0.4) is 0 Å². The van der Waals surface area contributed by atoms with Crippen molar-refractivity contribution in [3.63, 3.8) is 0 Å². The summed E-state index contributed by atoms with van der Waals surface area (Å²) in [5, 5.41) is 9.56. The summed E-state index contributed by atoms with van der Waals surface area (Å²) in [4.78, 5) is 43.0. The van der Waals surface area contributed by atoms with E-state index in [9.17, 15) is 14.9 Å². The number of nitriles is 1. The molecule has 3 aliphatic rings. The molecule has 1 aromatic carbocycles. The van der Waals surface area contributed by atoms with Crippen LogP contribution in [0.15, 0.2) is 24.3 Å². The maximum Gasteiger partial charge on any atom is 0.323 e. The minimum Gasteiger partial charge on any atom is -0.377 e. The molecular weight excluding hydrogens is 482 g/mol. The molecule has 2 aromatic rings. The summed E-state index contributed by atoms with van der Waals surface area (Å²) in [5.74, 6) is 1.40. The molecule has 3 heterocycles. The molecule has 10 heteroatoms. The Balaban J connectivity index is 1.49. The zero-order valence-corrected chi connectivity index (χ0v) is 22.6. The van der Waals surface area contributed by atoms with Gasteiger partial charge in [-0.15, -0.1) is 0 Å². The minimum absolute atomic E-state index is 0.0792. The van der Waals surface area contributed by atoms with Gasteiger partial charge in [0.2, 0.25) is 5.91 Å². The van der Waals surface area contributed by atoms with Crippen LogP contribution in [-0.4, -0.2) is 84.7 Å². The molecule has 1 atom stereocenters. The van der Waals surface area contributed by atoms with Crippen LogP contribution in [-0.2, 0) is 22.5 Å². The second-order valence-corrected chi connectivity index (χ2v) is 10.5. The number of urea groups is 1. The van der Waals surface area contributed by atoms with Crippen LogP contribution in [0.4, 0.5) is 16.3 Å². The smallest absolute Gasteiger partial charge is 0.323 e. The van der Waals surface area contributed by atoms with Crippen molar-refractivity contribution in [3.8, 4) is 17.5 Å². The molecule has 200 valence electrons. The third-order valence-electron chi connectivity index (χ3n) is 7.94. The van der Waals surface area contributed by atoms with Gasteiger partial charge in [0.15, 0.2) is 5.82 Å². The molecule has 1 saturated heterocycles. The number of morpholine rings is 1. The van der Waals surface area contributed by atoms with E-state index < -0.39 is 5.41 Å². The van der Waals surface area contributed by atoms with Crippen molar-refractivity contribution in [2.75, 3.05) is 56.7 Å². The first-order valence-corrected chi connectivity index (χ1v) is 13.3. The maximum atomic E-state index is 13.1. The second kappa shape index (κ2) is 10.2. The van der Waals surface area contributed by atoms with Gasteiger partial charge >= 0.3 is 6.03 Å². The molecule has 1 saturated carbocycles. The predicted octanol–water partition coefficient (Wildman–Crippen LogP) is 3.07. The van der Waals surface area contributed by atoms with Gasteiger partial charge < -0.3 is 19.4 Å². The first-order valence-electron chi connectivity index (χ1n) is 13.3. The summed E-state index contributed by atoms with van der Waals surface area (Å²) in [6.45, 7) is 7.63. The van der Waals surface area contributed by atoms with Crippen LogP contribution in [0.2, 0.25) is 0 Å². The van der Waals surface area contributed by atoms with Crippen molar-refractivity contribution in [3.05, 3.63) is 35.5 Å². The molecule has 10 nitrogen and oxygen atoms in total. The Bertz CT molecular complexity index is 1270. The molecule has 2 fully saturated rings. The van der Waals surface area contributed by atoms with Crippen LogP contribution < -0.4 is 9.80 Å². The highest BCUT2D eigenvalue weighted by Gasteiger charge is 2.53. The summed E-state index contributed by atoms with van der Waals surface area (Å²) < 4.78 is 5.67. The van der Waals surface area contributed by atoms with E-state index in [0.717, 1.165) is 34.9 Å². The Labute approximate surface area is 223 Å². The highest BCUT2D eigenvalue weighted by atomic mass is 16.5. The van der Waals surface area contributed by atoms with E-state index in [1.807, 2.05) is 31.2 Å². The fraction of sp³-hybridized carbons (Fsp3) is 0.536. The van der Waals surface area contributed by atoms with Gasteiger partial charge in [-0.3, -0.25) is 9.69 Å². The number of amides is 3. The molecule has 3 amide bonds. The van der Waals surface area contributed by atoms with E-state index in [2.05, 4.69) is 17.9 Å². The average Bonchev–Trinajstić information content (AvgIpc) is 3.76. The number of aromatic nitrogens is 2. The second-order valence-electron chi connectivity index (χ2n) is 10.5. The Hall–Kier alpha value is -3.71. The maximum absolute atomic E-state index is 13.1. The molecule has 1 aliphatic carbocycles. The summed E-state index contributed by atoms with van der Waals surface area (Å²) in [7, 11) is 3.54. The van der Waals surface area contributed by atoms with Crippen molar-refractivity contribution >= 4 is 23.4 Å². The molecule has 0 radical (unpaired) electrons. The quantitative estimate of drug-likeness (QED) is 0.600. The predicted molar refractivity (Wildman–Crippen MR) is 144 cm³/mol. The normalized spacial score (nSPS) is 19.8. The van der Waals surface area contributed by atoms with Gasteiger partial charge in [0, 0.05) is 50.5 Å². The first-order chi connectivity index (χ1) is 18.3. The third-order valence-corrected chi connectivity index (χ3v) is 7.94. The van der Waals surface area contributed by atoms with E-state index in [4.69, 9.17) is 14.7 Å². The number of carbonyl (C=O) groups excluding carboxylic acids is 2. The van der Waals surface area contributed by atoms with Gasteiger partial charge in [-0.1, -0.05) is 0 Å². The van der Waals surface area contributed by atoms with E-state index in [0.29, 0.717) is 57.9 Å². The summed E-state index contributed by atoms with van der Waals surface area (Å²) >= 11 is 0. The number of carbonyl (C=O) groups is 2. The number of fused-ring (bicyclic) bond motifs is 1. The molecule has 0 unspecified atom stereocenters. The molecule has 2 aliphatic heterocycles. The first kappa shape index (κ1) is 25.9. The molecule has 38 heavy (non-hydrogen) atoms. The Kier molecular flexibility index (Phi) is 6.97. The SMILES string of the molecule is CCN(C)C(=O)N(C)c1ccc(-c2nc3c(c(N4CCOC[C@@H]4C)n2)CCN(C(=O)C2(C#N)CC2)C3)cc1. The summed E-state index contributed by atoms with van der Waals surface area (Å²) in [5.41, 5.74) is 2.67. The lowest BCUT2D eigenvalue weighted by molar-refractivity contribution is -0.136. The zero-order valence-electron chi connectivity index (χ0n) is 22.6. The lowest BCUT2D eigenvalue weighted by Crippen LogP contribution is -2.46. The van der Waals surface area contributed by atoms with Crippen LogP contribution in [0.25, 0.3) is 11.4 Å². The highest BCUT2D eigenvalue weighted by molar-refractivity contribution is 5.91. The molecule has 0 N–H and O–H groups in total. The van der Waals surface area contributed by atoms with Crippen molar-refractivity contribution in [2.24, 2.45) is 5.41 Å². The van der Waals surface area contributed by atoms with Gasteiger partial charge in [-0.25, -0.2) is 14.8 Å². The van der Waals surface area contributed by atoms with Gasteiger partial charge in [-0.05, 0) is 57.4 Å². The van der Waals surface area contributed by atoms with Crippen LogP contribution in [0, 0.1) is 16.7 Å². The summed E-state index contributed by atoms with van der Waals surface area (Å²) in [6.07, 6.45) is 1.92. The Morgan fingerprint density at radius 3 is 2.55 bits per heavy atom. The fourth-order valence-electron chi connectivity index (χ4n) is 5.13. The monoisotopic (exact) mass is 517 g/mol. The Morgan fingerprint density at radius 1 is 1.18 bits per heavy atom. The number of hydrogen-bond acceptors (Lipinski definition) is 7. The fourth-order valence-corrected chi connectivity index (χ4v) is 5.13. The molecule has 0 spiro atoms. The Morgan fingerprint density at radius 2 is 1.92 bits per heavy atom. The lowest BCUT2D eigenvalue weighted by Gasteiger charge is -2.38. The number of anilines is 2. The number of ether oxygens (including phenoxy) is 1. The third kappa shape index (κ3) is 4.67. The highest BCUT2D eigenvalue weighted by Crippen LogP contribution is 2.47. The zero-order chi connectivity index (χ0) is 27.0. The van der Waals surface area contributed by atoms with Gasteiger partial charge in [0.1, 0.15) is 11.2 Å². The van der Waals surface area contributed by atoms with Crippen molar-refractivity contribution < 1.29 is 14.3 Å². The molecule has 0 bridgehead atoms. The largest absolute Gasteiger partial charge is 0.377 e.